The van der Waals surface area contributed by atoms with Crippen LogP contribution >= 0.6 is 0 Å². The third-order valence-corrected chi connectivity index (χ3v) is 5.34. The van der Waals surface area contributed by atoms with Crippen molar-refractivity contribution >= 4 is 17.8 Å². The van der Waals surface area contributed by atoms with Crippen LogP contribution in [0.25, 0.3) is 0 Å². The molecule has 0 aromatic heterocycles. The highest BCUT2D eigenvalue weighted by Crippen LogP contribution is 2.26. The van der Waals surface area contributed by atoms with Gasteiger partial charge in [0.2, 0.25) is 19.0 Å². The first-order valence-electron chi connectivity index (χ1n) is 11.0. The van der Waals surface area contributed by atoms with Crippen LogP contribution in [0.5, 0.6) is 0 Å². The third-order valence-electron chi connectivity index (χ3n) is 5.34. The van der Waals surface area contributed by atoms with Gasteiger partial charge in [-0.3, -0.25) is 0 Å². The number of hydrogen-bond acceptors (Lipinski definition) is 4. The zero-order chi connectivity index (χ0) is 20.8. The van der Waals surface area contributed by atoms with E-state index in [1.807, 2.05) is 6.92 Å². The predicted octanol–water partition coefficient (Wildman–Crippen LogP) is 4.41. The number of aliphatic imine (C=N–C) groups is 1. The van der Waals surface area contributed by atoms with Crippen molar-refractivity contribution in [3.8, 4) is 0 Å². The summed E-state index contributed by atoms with van der Waals surface area (Å²) in [5, 5.41) is 18.2. The van der Waals surface area contributed by atoms with E-state index in [2.05, 4.69) is 11.9 Å². The van der Waals surface area contributed by atoms with E-state index < -0.39 is 18.5 Å². The second-order valence-corrected chi connectivity index (χ2v) is 7.81. The minimum Gasteiger partial charge on any atom is -0.479 e. The van der Waals surface area contributed by atoms with Crippen LogP contribution in [0.4, 0.5) is 0 Å². The van der Waals surface area contributed by atoms with Gasteiger partial charge in [-0.2, -0.15) is 4.84 Å². The Bertz CT molecular complexity index is 509. The minimum absolute atomic E-state index is 0.0112. The van der Waals surface area contributed by atoms with Gasteiger partial charge in [-0.1, -0.05) is 78.1 Å². The van der Waals surface area contributed by atoms with Crippen molar-refractivity contribution in [1.29, 1.82) is 0 Å². The van der Waals surface area contributed by atoms with Crippen LogP contribution in [0.3, 0.4) is 0 Å². The van der Waals surface area contributed by atoms with Crippen LogP contribution < -0.4 is 0 Å². The molecule has 1 aliphatic heterocycles. The molecule has 162 valence electrons. The number of carboxylic acid groups (broad SMARTS) is 2. The summed E-state index contributed by atoms with van der Waals surface area (Å²) in [7, 11) is 0. The second kappa shape index (κ2) is 13.7. The molecule has 1 rings (SSSR count). The van der Waals surface area contributed by atoms with Crippen LogP contribution in [-0.2, 0) is 14.4 Å². The molecule has 0 amide bonds. The van der Waals surface area contributed by atoms with Crippen molar-refractivity contribution in [3.05, 3.63) is 0 Å². The first kappa shape index (κ1) is 24.6. The summed E-state index contributed by atoms with van der Waals surface area (Å²) < 4.78 is -0.277. The lowest BCUT2D eigenvalue weighted by molar-refractivity contribution is -1.03. The number of hydroxylamine groups is 3. The van der Waals surface area contributed by atoms with Gasteiger partial charge < -0.3 is 10.2 Å². The van der Waals surface area contributed by atoms with Gasteiger partial charge in [0, 0.05) is 6.42 Å². The number of unbranched alkanes of at least 4 members (excludes halogenated alkanes) is 9. The molecule has 0 aliphatic carbocycles. The summed E-state index contributed by atoms with van der Waals surface area (Å²) in [6.07, 6.45) is 14.2. The number of amidine groups is 1. The number of carbonyl (C=O) groups is 2. The van der Waals surface area contributed by atoms with E-state index in [9.17, 15) is 14.7 Å². The van der Waals surface area contributed by atoms with Crippen molar-refractivity contribution in [3.63, 3.8) is 0 Å². The molecule has 7 nitrogen and oxygen atoms in total. The fourth-order valence-corrected chi connectivity index (χ4v) is 3.93. The Morgan fingerprint density at radius 1 is 0.964 bits per heavy atom. The summed E-state index contributed by atoms with van der Waals surface area (Å²) in [6.45, 7) is 3.76. The monoisotopic (exact) mass is 399 g/mol. The number of carboxylic acids is 2. The van der Waals surface area contributed by atoms with Gasteiger partial charge in [0.05, 0.1) is 0 Å². The molecular formula is C21H39N2O5+. The number of rotatable bonds is 17. The summed E-state index contributed by atoms with van der Waals surface area (Å²) in [5.74, 6) is -1.47. The highest BCUT2D eigenvalue weighted by atomic mass is 16.7. The lowest BCUT2D eigenvalue weighted by Crippen LogP contribution is -2.55. The Morgan fingerprint density at radius 3 is 2.04 bits per heavy atom. The Hall–Kier alpha value is -1.47. The highest BCUT2D eigenvalue weighted by Gasteiger charge is 2.46. The zero-order valence-electron chi connectivity index (χ0n) is 17.7. The maximum Gasteiger partial charge on any atom is 0.362 e. The van der Waals surface area contributed by atoms with Crippen LogP contribution in [-0.4, -0.2) is 58.4 Å². The highest BCUT2D eigenvalue weighted by molar-refractivity contribution is 5.79. The van der Waals surface area contributed by atoms with E-state index in [4.69, 9.17) is 9.94 Å². The molecule has 0 saturated carbocycles. The van der Waals surface area contributed by atoms with Gasteiger partial charge in [0.25, 0.3) is 0 Å². The zero-order valence-corrected chi connectivity index (χ0v) is 17.7. The van der Waals surface area contributed by atoms with Gasteiger partial charge >= 0.3 is 11.9 Å². The average Bonchev–Trinajstić information content (AvgIpc) is 2.98. The largest absolute Gasteiger partial charge is 0.479 e. The number of hydrogen-bond donors (Lipinski definition) is 2. The van der Waals surface area contributed by atoms with Crippen LogP contribution in [0.15, 0.2) is 4.99 Å². The molecule has 1 heterocycles. The molecule has 0 aromatic carbocycles. The average molecular weight is 400 g/mol. The van der Waals surface area contributed by atoms with Crippen molar-refractivity contribution in [2.75, 3.05) is 19.7 Å². The Kier molecular flexibility index (Phi) is 12.0. The molecule has 2 atom stereocenters. The van der Waals surface area contributed by atoms with E-state index in [-0.39, 0.29) is 17.2 Å². The number of nitrogens with zero attached hydrogens (tertiary/aromatic N) is 2. The summed E-state index contributed by atoms with van der Waals surface area (Å²) in [5.41, 5.74) is 0. The molecule has 0 radical (unpaired) electrons. The Morgan fingerprint density at radius 2 is 1.54 bits per heavy atom. The van der Waals surface area contributed by atoms with Gasteiger partial charge in [0.1, 0.15) is 12.6 Å². The third kappa shape index (κ3) is 9.15. The molecule has 0 bridgehead atoms. The first-order chi connectivity index (χ1) is 13.4. The maximum atomic E-state index is 11.3. The standard InChI is InChI=1S/C21H38N2O5/c1-3-5-6-7-8-9-10-11-12-13-14-18-15-23(16-20(24)25,19(4-2)22-18)28-17-21(26)27/h18H,3-17H2,1-2H3,(H-,24,25,26,27)/p+1. The van der Waals surface area contributed by atoms with Crippen molar-refractivity contribution < 1.29 is 29.3 Å². The van der Waals surface area contributed by atoms with Gasteiger partial charge in [-0.25, -0.2) is 14.6 Å². The topological polar surface area (TPSA) is 96.2 Å². The Balaban J connectivity index is 2.35. The molecule has 7 heteroatoms. The molecular weight excluding hydrogens is 360 g/mol. The van der Waals surface area contributed by atoms with Gasteiger partial charge in [0.15, 0.2) is 0 Å². The summed E-state index contributed by atoms with van der Waals surface area (Å²) >= 11 is 0. The van der Waals surface area contributed by atoms with E-state index >= 15 is 0 Å². The minimum atomic E-state index is -1.10. The lowest BCUT2D eigenvalue weighted by Gasteiger charge is -2.29. The van der Waals surface area contributed by atoms with Gasteiger partial charge in [-0.05, 0) is 6.42 Å². The number of quaternary nitrogens is 1. The van der Waals surface area contributed by atoms with Crippen LogP contribution in [0.1, 0.15) is 90.9 Å². The van der Waals surface area contributed by atoms with E-state index in [0.29, 0.717) is 18.8 Å². The maximum absolute atomic E-state index is 11.3. The van der Waals surface area contributed by atoms with Crippen molar-refractivity contribution in [1.82, 2.24) is 0 Å². The fourth-order valence-electron chi connectivity index (χ4n) is 3.93. The second-order valence-electron chi connectivity index (χ2n) is 7.81. The first-order valence-corrected chi connectivity index (χ1v) is 11.0. The Labute approximate surface area is 169 Å². The SMILES string of the molecule is CCCCCCCCCCCCC1C[N+](CC(=O)O)(OCC(=O)O)C(CC)=N1. The summed E-state index contributed by atoms with van der Waals surface area (Å²) in [4.78, 5) is 32.4. The van der Waals surface area contributed by atoms with Crippen LogP contribution in [0.2, 0.25) is 0 Å². The van der Waals surface area contributed by atoms with Crippen LogP contribution in [0, 0.1) is 0 Å². The quantitative estimate of drug-likeness (QED) is 0.279. The molecule has 0 aromatic rings. The molecule has 1 aliphatic rings. The van der Waals surface area contributed by atoms with Crippen molar-refractivity contribution in [2.24, 2.45) is 4.99 Å². The summed E-state index contributed by atoms with van der Waals surface area (Å²) in [6, 6.07) is 0.0112. The molecule has 2 N–H and O–H groups in total. The molecule has 0 saturated heterocycles. The predicted molar refractivity (Wildman–Crippen MR) is 109 cm³/mol. The van der Waals surface area contributed by atoms with Gasteiger partial charge in [-0.15, -0.1) is 4.65 Å². The van der Waals surface area contributed by atoms with E-state index in [0.717, 1.165) is 19.3 Å². The molecule has 0 spiro atoms. The molecule has 2 unspecified atom stereocenters. The molecule has 0 fully saturated rings. The fraction of sp³-hybridized carbons (Fsp3) is 0.857. The van der Waals surface area contributed by atoms with E-state index in [1.165, 1.54) is 51.4 Å². The molecule has 28 heavy (non-hydrogen) atoms. The van der Waals surface area contributed by atoms with E-state index in [1.54, 1.807) is 0 Å². The smallest absolute Gasteiger partial charge is 0.362 e. The normalized spacial score (nSPS) is 21.6. The van der Waals surface area contributed by atoms with Crippen molar-refractivity contribution in [2.45, 2.75) is 96.9 Å². The number of aliphatic carboxylic acids is 2. The lowest BCUT2D eigenvalue weighted by atomic mass is 10.0.